The van der Waals surface area contributed by atoms with Crippen LogP contribution in [0.15, 0.2) is 30.3 Å². The zero-order valence-electron chi connectivity index (χ0n) is 15.4. The minimum absolute atomic E-state index is 0.203. The second-order valence-electron chi connectivity index (χ2n) is 5.96. The Morgan fingerprint density at radius 2 is 1.85 bits per heavy atom. The van der Waals surface area contributed by atoms with Crippen LogP contribution >= 0.6 is 0 Å². The number of hydrogen-bond donors (Lipinski definition) is 2. The molecule has 0 bridgehead atoms. The van der Waals surface area contributed by atoms with E-state index >= 15 is 0 Å². The molecule has 1 atom stereocenters. The molecule has 0 saturated heterocycles. The van der Waals surface area contributed by atoms with Crippen LogP contribution in [0.5, 0.6) is 5.75 Å². The molecule has 7 nitrogen and oxygen atoms in total. The molecule has 0 aliphatic heterocycles. The number of aliphatic carboxylic acids is 1. The molecule has 1 amide bonds. The molecule has 26 heavy (non-hydrogen) atoms. The Labute approximate surface area is 152 Å². The van der Waals surface area contributed by atoms with E-state index in [1.54, 1.807) is 13.2 Å². The van der Waals surface area contributed by atoms with E-state index in [2.05, 4.69) is 5.32 Å². The molecular weight excluding hydrogens is 336 g/mol. The number of aromatic nitrogens is 1. The third kappa shape index (κ3) is 4.23. The first-order chi connectivity index (χ1) is 12.4. The van der Waals surface area contributed by atoms with Gasteiger partial charge in [0.2, 0.25) is 0 Å². The average Bonchev–Trinajstić information content (AvgIpc) is 2.92. The number of benzene rings is 1. The van der Waals surface area contributed by atoms with Gasteiger partial charge in [0.05, 0.1) is 12.7 Å². The van der Waals surface area contributed by atoms with Crippen molar-refractivity contribution >= 4 is 11.9 Å². The number of carboxylic acid groups (broad SMARTS) is 1. The largest absolute Gasteiger partial charge is 0.497 e. The molecule has 7 heteroatoms. The van der Waals surface area contributed by atoms with Crippen LogP contribution in [0.2, 0.25) is 0 Å². The average molecular weight is 360 g/mol. The first kappa shape index (κ1) is 19.5. The Balaban J connectivity index is 2.27. The fourth-order valence-electron chi connectivity index (χ4n) is 2.85. The van der Waals surface area contributed by atoms with Gasteiger partial charge in [0, 0.05) is 37.2 Å². The molecule has 0 aliphatic rings. The second-order valence-corrected chi connectivity index (χ2v) is 5.96. The zero-order chi connectivity index (χ0) is 19.3. The Morgan fingerprint density at radius 1 is 1.19 bits per heavy atom. The third-order valence-corrected chi connectivity index (χ3v) is 4.22. The van der Waals surface area contributed by atoms with E-state index in [0.717, 1.165) is 22.8 Å². The van der Waals surface area contributed by atoms with Crippen LogP contribution in [-0.2, 0) is 9.53 Å². The van der Waals surface area contributed by atoms with Crippen molar-refractivity contribution in [2.24, 2.45) is 0 Å². The zero-order valence-corrected chi connectivity index (χ0v) is 15.4. The van der Waals surface area contributed by atoms with Crippen LogP contribution in [0.25, 0.3) is 5.69 Å². The van der Waals surface area contributed by atoms with Crippen LogP contribution in [0.3, 0.4) is 0 Å². The molecule has 140 valence electrons. The van der Waals surface area contributed by atoms with E-state index in [0.29, 0.717) is 5.56 Å². The number of nitrogens with one attached hydrogen (secondary N) is 1. The lowest BCUT2D eigenvalue weighted by molar-refractivity contribution is -0.139. The van der Waals surface area contributed by atoms with Gasteiger partial charge in [-0.2, -0.15) is 0 Å². The summed E-state index contributed by atoms with van der Waals surface area (Å²) in [5, 5.41) is 11.8. The van der Waals surface area contributed by atoms with E-state index in [9.17, 15) is 14.7 Å². The molecule has 1 aromatic heterocycles. The maximum absolute atomic E-state index is 12.6. The number of carboxylic acids is 1. The minimum Gasteiger partial charge on any atom is -0.497 e. The molecule has 2 rings (SSSR count). The fraction of sp³-hybridized carbons (Fsp3) is 0.368. The van der Waals surface area contributed by atoms with Gasteiger partial charge >= 0.3 is 5.97 Å². The number of carbonyl (C=O) groups is 2. The highest BCUT2D eigenvalue weighted by Crippen LogP contribution is 2.23. The van der Waals surface area contributed by atoms with Gasteiger partial charge < -0.3 is 24.5 Å². The molecule has 2 N–H and O–H groups in total. The normalized spacial score (nSPS) is 11.8. The Morgan fingerprint density at radius 3 is 2.38 bits per heavy atom. The molecule has 0 aliphatic carbocycles. The monoisotopic (exact) mass is 360 g/mol. The predicted molar refractivity (Wildman–Crippen MR) is 97.2 cm³/mol. The SMILES string of the molecule is COCCC(NC(=O)c1cc(C)n(-c2ccc(OC)cc2)c1C)C(=O)O. The molecule has 0 fully saturated rings. The molecule has 0 saturated carbocycles. The molecular formula is C19H24N2O5. The molecule has 1 unspecified atom stereocenters. The Kier molecular flexibility index (Phi) is 6.41. The van der Waals surface area contributed by atoms with E-state index in [-0.39, 0.29) is 13.0 Å². The maximum Gasteiger partial charge on any atom is 0.326 e. The predicted octanol–water partition coefficient (Wildman–Crippen LogP) is 2.32. The summed E-state index contributed by atoms with van der Waals surface area (Å²) in [7, 11) is 3.09. The first-order valence-corrected chi connectivity index (χ1v) is 8.25. The van der Waals surface area contributed by atoms with Gasteiger partial charge in [-0.25, -0.2) is 4.79 Å². The van der Waals surface area contributed by atoms with Gasteiger partial charge in [-0.15, -0.1) is 0 Å². The number of methoxy groups -OCH3 is 2. The van der Waals surface area contributed by atoms with Crippen molar-refractivity contribution in [2.45, 2.75) is 26.3 Å². The van der Waals surface area contributed by atoms with Crippen molar-refractivity contribution in [1.82, 2.24) is 9.88 Å². The van der Waals surface area contributed by atoms with Crippen molar-refractivity contribution in [2.75, 3.05) is 20.8 Å². The molecule has 0 radical (unpaired) electrons. The molecule has 0 spiro atoms. The highest BCUT2D eigenvalue weighted by Gasteiger charge is 2.23. The number of nitrogens with zero attached hydrogens (tertiary/aromatic N) is 1. The van der Waals surface area contributed by atoms with Gasteiger partial charge in [0.15, 0.2) is 0 Å². The van der Waals surface area contributed by atoms with Gasteiger partial charge in [-0.1, -0.05) is 0 Å². The molecule has 2 aromatic rings. The smallest absolute Gasteiger partial charge is 0.326 e. The maximum atomic E-state index is 12.6. The summed E-state index contributed by atoms with van der Waals surface area (Å²) in [5.74, 6) is -0.752. The van der Waals surface area contributed by atoms with Crippen LogP contribution in [0.4, 0.5) is 0 Å². The number of ether oxygens (including phenoxy) is 2. The highest BCUT2D eigenvalue weighted by atomic mass is 16.5. The van der Waals surface area contributed by atoms with Gasteiger partial charge in [0.1, 0.15) is 11.8 Å². The van der Waals surface area contributed by atoms with Gasteiger partial charge in [-0.05, 0) is 44.2 Å². The first-order valence-electron chi connectivity index (χ1n) is 8.25. The lowest BCUT2D eigenvalue weighted by atomic mass is 10.1. The van der Waals surface area contributed by atoms with E-state index in [4.69, 9.17) is 9.47 Å². The van der Waals surface area contributed by atoms with Gasteiger partial charge in [0.25, 0.3) is 5.91 Å². The summed E-state index contributed by atoms with van der Waals surface area (Å²) in [6, 6.07) is 8.26. The summed E-state index contributed by atoms with van der Waals surface area (Å²) in [6.45, 7) is 3.98. The number of carbonyl (C=O) groups excluding carboxylic acids is 1. The quantitative estimate of drug-likeness (QED) is 0.754. The van der Waals surface area contributed by atoms with Crippen molar-refractivity contribution in [3.05, 3.63) is 47.3 Å². The van der Waals surface area contributed by atoms with Crippen molar-refractivity contribution < 1.29 is 24.2 Å². The van der Waals surface area contributed by atoms with Gasteiger partial charge in [-0.3, -0.25) is 4.79 Å². The topological polar surface area (TPSA) is 89.8 Å². The van der Waals surface area contributed by atoms with Crippen LogP contribution in [-0.4, -0.2) is 48.4 Å². The highest BCUT2D eigenvalue weighted by molar-refractivity contribution is 5.98. The molecule has 1 aromatic carbocycles. The van der Waals surface area contributed by atoms with E-state index in [1.165, 1.54) is 7.11 Å². The van der Waals surface area contributed by atoms with Crippen LogP contribution < -0.4 is 10.1 Å². The van der Waals surface area contributed by atoms with E-state index < -0.39 is 17.9 Å². The third-order valence-electron chi connectivity index (χ3n) is 4.22. The van der Waals surface area contributed by atoms with Crippen LogP contribution in [0, 0.1) is 13.8 Å². The van der Waals surface area contributed by atoms with Crippen molar-refractivity contribution in [1.29, 1.82) is 0 Å². The molecule has 1 heterocycles. The second kappa shape index (κ2) is 8.53. The summed E-state index contributed by atoms with van der Waals surface area (Å²) in [5.41, 5.74) is 2.96. The number of aryl methyl sites for hydroxylation is 1. The number of amides is 1. The summed E-state index contributed by atoms with van der Waals surface area (Å²) < 4.78 is 12.0. The fourth-order valence-corrected chi connectivity index (χ4v) is 2.85. The standard InChI is InChI=1S/C19H24N2O5/c1-12-11-16(18(22)20-17(19(23)24)9-10-25-3)13(2)21(12)14-5-7-15(26-4)8-6-14/h5-8,11,17H,9-10H2,1-4H3,(H,20,22)(H,23,24). The summed E-state index contributed by atoms with van der Waals surface area (Å²) >= 11 is 0. The summed E-state index contributed by atoms with van der Waals surface area (Å²) in [6.07, 6.45) is 0.203. The number of rotatable bonds is 8. The van der Waals surface area contributed by atoms with Crippen LogP contribution in [0.1, 0.15) is 28.2 Å². The number of hydrogen-bond acceptors (Lipinski definition) is 4. The van der Waals surface area contributed by atoms with E-state index in [1.807, 2.05) is 42.7 Å². The minimum atomic E-state index is -1.08. The van der Waals surface area contributed by atoms with Crippen molar-refractivity contribution in [3.8, 4) is 11.4 Å². The Bertz CT molecular complexity index is 780. The lowest BCUT2D eigenvalue weighted by Crippen LogP contribution is -2.41. The lowest BCUT2D eigenvalue weighted by Gasteiger charge is -2.14. The van der Waals surface area contributed by atoms with Crippen molar-refractivity contribution in [3.63, 3.8) is 0 Å². The Hall–Kier alpha value is -2.80. The summed E-state index contributed by atoms with van der Waals surface area (Å²) in [4.78, 5) is 23.9.